The van der Waals surface area contributed by atoms with E-state index < -0.39 is 20.1 Å². The second kappa shape index (κ2) is 5.08. The molecule has 2 aliphatic rings. The van der Waals surface area contributed by atoms with Crippen molar-refractivity contribution in [2.45, 2.75) is 7.35 Å². The second-order valence-corrected chi connectivity index (χ2v) is 20.8. The van der Waals surface area contributed by atoms with Crippen LogP contribution in [0.15, 0.2) is 60.7 Å². The Morgan fingerprint density at radius 3 is 1.65 bits per heavy atom. The van der Waals surface area contributed by atoms with E-state index in [1.807, 2.05) is 0 Å². The Balaban J connectivity index is 1.71. The van der Waals surface area contributed by atoms with Gasteiger partial charge in [0.05, 0.1) is 0 Å². The predicted octanol–water partition coefficient (Wildman–Crippen LogP) is 3.69. The van der Waals surface area contributed by atoms with Crippen LogP contribution in [0.25, 0.3) is 12.2 Å². The fourth-order valence-electron chi connectivity index (χ4n) is 3.34. The molecule has 96 valence electrons. The molecular weight excluding hydrogens is 423 g/mol. The minimum atomic E-state index is -1.75. The van der Waals surface area contributed by atoms with Crippen molar-refractivity contribution in [1.82, 2.24) is 0 Å². The Morgan fingerprint density at radius 1 is 0.700 bits per heavy atom. The molecule has 4 rings (SSSR count). The van der Waals surface area contributed by atoms with E-state index in [9.17, 15) is 0 Å². The van der Waals surface area contributed by atoms with Crippen molar-refractivity contribution in [2.24, 2.45) is 0 Å². The zero-order valence-electron chi connectivity index (χ0n) is 11.3. The van der Waals surface area contributed by atoms with E-state index in [0.717, 1.165) is 7.35 Å². The summed E-state index contributed by atoms with van der Waals surface area (Å²) in [4.78, 5) is 0. The molecule has 0 spiro atoms. The van der Waals surface area contributed by atoms with Crippen molar-refractivity contribution in [3.05, 3.63) is 82.9 Å². The molecule has 0 aromatic heterocycles. The second-order valence-electron chi connectivity index (χ2n) is 5.51. The molecule has 0 nitrogen and oxygen atoms in total. The van der Waals surface area contributed by atoms with E-state index in [1.54, 1.807) is 11.1 Å². The third-order valence-corrected chi connectivity index (χ3v) is 21.0. The molecule has 2 heteroatoms. The summed E-state index contributed by atoms with van der Waals surface area (Å²) in [7, 11) is 0. The van der Waals surface area contributed by atoms with Crippen LogP contribution in [-0.2, 0) is 20.1 Å². The van der Waals surface area contributed by atoms with Gasteiger partial charge in [-0.05, 0) is 0 Å². The number of benzene rings is 2. The number of hydrogen-bond donors (Lipinski definition) is 0. The minimum absolute atomic E-state index is 0.760. The third-order valence-electron chi connectivity index (χ3n) is 4.40. The molecule has 2 unspecified atom stereocenters. The summed E-state index contributed by atoms with van der Waals surface area (Å²) in [6.45, 7) is 2.36. The average Bonchev–Trinajstić information content (AvgIpc) is 3.11. The Labute approximate surface area is 129 Å². The first-order valence-electron chi connectivity index (χ1n) is 7.07. The van der Waals surface area contributed by atoms with Crippen LogP contribution in [0.4, 0.5) is 0 Å². The maximum absolute atomic E-state index is 2.48. The van der Waals surface area contributed by atoms with Crippen molar-refractivity contribution in [2.75, 3.05) is 0 Å². The molecule has 0 saturated carbocycles. The van der Waals surface area contributed by atoms with Crippen LogP contribution in [-0.4, -0.2) is 6.94 Å². The molecule has 2 aromatic carbocycles. The molecule has 2 atom stereocenters. The Morgan fingerprint density at radius 2 is 1.15 bits per heavy atom. The van der Waals surface area contributed by atoms with E-state index in [0.29, 0.717) is 0 Å². The Bertz CT molecular complexity index is 694. The van der Waals surface area contributed by atoms with Gasteiger partial charge >= 0.3 is 129 Å². The molecule has 0 heterocycles. The Kier molecular flexibility index (Phi) is 3.23. The van der Waals surface area contributed by atoms with Crippen molar-refractivity contribution < 1.29 is 20.1 Å². The zero-order chi connectivity index (χ0) is 13.5. The molecule has 0 aliphatic heterocycles. The normalized spacial score (nSPS) is 21.8. The van der Waals surface area contributed by atoms with E-state index in [2.05, 4.69) is 79.8 Å². The van der Waals surface area contributed by atoms with E-state index in [1.165, 1.54) is 11.1 Å². The van der Waals surface area contributed by atoms with Gasteiger partial charge in [-0.2, -0.15) is 0 Å². The van der Waals surface area contributed by atoms with Gasteiger partial charge in [0.25, 0.3) is 0 Å². The van der Waals surface area contributed by atoms with Gasteiger partial charge in [0.2, 0.25) is 0 Å². The van der Waals surface area contributed by atoms with Gasteiger partial charge in [-0.3, -0.25) is 0 Å². The molecule has 0 N–H and O–H groups in total. The van der Waals surface area contributed by atoms with Crippen LogP contribution in [0.3, 0.4) is 0 Å². The zero-order valence-corrected chi connectivity index (χ0v) is 16.3. The van der Waals surface area contributed by atoms with Gasteiger partial charge in [-0.1, -0.05) is 0 Å². The monoisotopic (exact) mass is 440 g/mol. The fraction of sp³-hybridized carbons (Fsp3) is 0.111. The molecule has 0 radical (unpaired) electrons. The van der Waals surface area contributed by atoms with Crippen LogP contribution >= 0.6 is 0 Å². The average molecular weight is 439 g/mol. The fourth-order valence-corrected chi connectivity index (χ4v) is 17.8. The molecule has 0 saturated heterocycles. The maximum atomic E-state index is 2.48. The van der Waals surface area contributed by atoms with Gasteiger partial charge in [0.15, 0.2) is 0 Å². The quantitative estimate of drug-likeness (QED) is 0.627. The van der Waals surface area contributed by atoms with Crippen molar-refractivity contribution in [1.29, 1.82) is 0 Å². The number of rotatable bonds is 2. The molecule has 0 amide bonds. The summed E-state index contributed by atoms with van der Waals surface area (Å²) in [5.74, 6) is 0. The predicted molar refractivity (Wildman–Crippen MR) is 85.0 cm³/mol. The summed E-state index contributed by atoms with van der Waals surface area (Å²) in [6, 6.07) is 17.9. The van der Waals surface area contributed by atoms with Crippen LogP contribution in [0.2, 0.25) is 0 Å². The molecule has 20 heavy (non-hydrogen) atoms. The standard InChI is InChI=1S/2C9H7.Hf.H2Si/c2*1-2-5-9-7-3-6-8(9)4-1;;/h2*1-7H;;1H2. The van der Waals surface area contributed by atoms with Gasteiger partial charge < -0.3 is 0 Å². The number of allylic oxidation sites excluding steroid dienone is 2. The Hall–Kier alpha value is -0.993. The molecule has 2 aliphatic carbocycles. The topological polar surface area (TPSA) is 0 Å². The number of hydrogen-bond acceptors (Lipinski definition) is 0. The van der Waals surface area contributed by atoms with Gasteiger partial charge in [0, 0.05) is 0 Å². The van der Waals surface area contributed by atoms with E-state index in [-0.39, 0.29) is 0 Å². The number of fused-ring (bicyclic) bond motifs is 2. The van der Waals surface area contributed by atoms with Crippen molar-refractivity contribution in [3.63, 3.8) is 0 Å². The van der Waals surface area contributed by atoms with Crippen molar-refractivity contribution in [3.8, 4) is 0 Å². The molecular formula is C18H16HfSi. The summed E-state index contributed by atoms with van der Waals surface area (Å²) in [6.07, 6.45) is 9.63. The van der Waals surface area contributed by atoms with E-state index >= 15 is 0 Å². The van der Waals surface area contributed by atoms with Crippen molar-refractivity contribution >= 4 is 19.1 Å². The summed E-state index contributed by atoms with van der Waals surface area (Å²) < 4.78 is 1.52. The molecule has 0 bridgehead atoms. The first-order valence-corrected chi connectivity index (χ1v) is 19.6. The first kappa shape index (κ1) is 12.7. The summed E-state index contributed by atoms with van der Waals surface area (Å²) in [5.41, 5.74) is 6.06. The SMILES string of the molecule is [SiH2]=[Hf]([CH]1C=Cc2ccccc21)[CH]1C=Cc2ccccc21. The van der Waals surface area contributed by atoms with Gasteiger partial charge in [-0.25, -0.2) is 0 Å². The molecule has 0 fully saturated rings. The molecule has 2 aromatic rings. The summed E-state index contributed by atoms with van der Waals surface area (Å²) in [5, 5.41) is 0. The summed E-state index contributed by atoms with van der Waals surface area (Å²) >= 11 is -1.75. The van der Waals surface area contributed by atoms with Crippen LogP contribution in [0, 0.1) is 0 Å². The van der Waals surface area contributed by atoms with Gasteiger partial charge in [0.1, 0.15) is 0 Å². The first-order chi connectivity index (χ1) is 9.84. The van der Waals surface area contributed by atoms with Gasteiger partial charge in [-0.15, -0.1) is 0 Å². The van der Waals surface area contributed by atoms with Crippen LogP contribution in [0.5, 0.6) is 0 Å². The van der Waals surface area contributed by atoms with E-state index in [4.69, 9.17) is 0 Å². The van der Waals surface area contributed by atoms with Crippen LogP contribution in [0.1, 0.15) is 29.6 Å². The third kappa shape index (κ3) is 1.97. The van der Waals surface area contributed by atoms with Crippen LogP contribution < -0.4 is 0 Å².